The number of nitrogens with one attached hydrogen (secondary N) is 1. The molecule has 1 amide bonds. The van der Waals surface area contributed by atoms with Gasteiger partial charge < -0.3 is 9.88 Å². The molecular weight excluding hydrogens is 202 g/mol. The first kappa shape index (κ1) is 9.52. The maximum absolute atomic E-state index is 11.5. The number of carbonyl (C=O) groups excluding carboxylic acids is 1. The van der Waals surface area contributed by atoms with E-state index >= 15 is 0 Å². The number of imidazole rings is 1. The highest BCUT2D eigenvalue weighted by molar-refractivity contribution is 6.18. The van der Waals surface area contributed by atoms with E-state index in [1.54, 1.807) is 17.3 Å². The second-order valence-electron chi connectivity index (χ2n) is 3.53. The van der Waals surface area contributed by atoms with Crippen LogP contribution >= 0.6 is 11.6 Å². The predicted molar refractivity (Wildman–Crippen MR) is 52.8 cm³/mol. The van der Waals surface area contributed by atoms with Crippen LogP contribution in [0.25, 0.3) is 0 Å². The molecule has 1 aliphatic heterocycles. The molecule has 1 aromatic rings. The lowest BCUT2D eigenvalue weighted by molar-refractivity contribution is -0.128. The Morgan fingerprint density at radius 2 is 2.57 bits per heavy atom. The van der Waals surface area contributed by atoms with E-state index in [0.29, 0.717) is 24.8 Å². The SMILES string of the molecule is O=C1CC(CCl)CN1Cc1ncc[nH]1. The first-order chi connectivity index (χ1) is 6.79. The van der Waals surface area contributed by atoms with Crippen molar-refractivity contribution in [2.45, 2.75) is 13.0 Å². The van der Waals surface area contributed by atoms with Gasteiger partial charge in [0.2, 0.25) is 5.91 Å². The summed E-state index contributed by atoms with van der Waals surface area (Å²) >= 11 is 5.72. The molecule has 4 nitrogen and oxygen atoms in total. The number of likely N-dealkylation sites (tertiary alicyclic amines) is 1. The number of aromatic amines is 1. The fourth-order valence-corrected chi connectivity index (χ4v) is 1.88. The summed E-state index contributed by atoms with van der Waals surface area (Å²) in [4.78, 5) is 20.4. The molecule has 0 aromatic carbocycles. The van der Waals surface area contributed by atoms with Crippen molar-refractivity contribution in [3.63, 3.8) is 0 Å². The van der Waals surface area contributed by atoms with E-state index in [4.69, 9.17) is 11.6 Å². The van der Waals surface area contributed by atoms with E-state index in [-0.39, 0.29) is 5.91 Å². The Bertz CT molecular complexity index is 312. The summed E-state index contributed by atoms with van der Waals surface area (Å²) in [6.45, 7) is 1.32. The number of hydrogen-bond donors (Lipinski definition) is 1. The van der Waals surface area contributed by atoms with Gasteiger partial charge >= 0.3 is 0 Å². The fourth-order valence-electron chi connectivity index (χ4n) is 1.68. The van der Waals surface area contributed by atoms with Gasteiger partial charge in [-0.2, -0.15) is 0 Å². The third kappa shape index (κ3) is 1.90. The van der Waals surface area contributed by atoms with Crippen molar-refractivity contribution < 1.29 is 4.79 Å². The quantitative estimate of drug-likeness (QED) is 0.762. The average molecular weight is 214 g/mol. The molecule has 1 fully saturated rings. The van der Waals surface area contributed by atoms with Gasteiger partial charge in [-0.05, 0) is 5.92 Å². The summed E-state index contributed by atoms with van der Waals surface area (Å²) in [5.74, 6) is 1.86. The van der Waals surface area contributed by atoms with Crippen molar-refractivity contribution in [2.24, 2.45) is 5.92 Å². The zero-order valence-electron chi connectivity index (χ0n) is 7.74. The summed E-state index contributed by atoms with van der Waals surface area (Å²) in [6, 6.07) is 0. The minimum Gasteiger partial charge on any atom is -0.347 e. The molecule has 0 spiro atoms. The van der Waals surface area contributed by atoms with E-state index < -0.39 is 0 Å². The van der Waals surface area contributed by atoms with Crippen LogP contribution in [-0.4, -0.2) is 33.2 Å². The van der Waals surface area contributed by atoms with Gasteiger partial charge in [-0.15, -0.1) is 11.6 Å². The van der Waals surface area contributed by atoms with Crippen LogP contribution in [0.15, 0.2) is 12.4 Å². The Balaban J connectivity index is 1.96. The van der Waals surface area contributed by atoms with E-state index in [2.05, 4.69) is 9.97 Å². The second kappa shape index (κ2) is 4.00. The van der Waals surface area contributed by atoms with Crippen LogP contribution in [0.4, 0.5) is 0 Å². The van der Waals surface area contributed by atoms with Gasteiger partial charge in [-0.3, -0.25) is 4.79 Å². The molecule has 1 unspecified atom stereocenters. The van der Waals surface area contributed by atoms with E-state index in [9.17, 15) is 4.79 Å². The number of H-pyrrole nitrogens is 1. The van der Waals surface area contributed by atoms with Crippen molar-refractivity contribution >= 4 is 17.5 Å². The third-order valence-electron chi connectivity index (χ3n) is 2.41. The highest BCUT2D eigenvalue weighted by atomic mass is 35.5. The average Bonchev–Trinajstić information content (AvgIpc) is 2.78. The summed E-state index contributed by atoms with van der Waals surface area (Å²) in [7, 11) is 0. The minimum absolute atomic E-state index is 0.173. The molecule has 0 radical (unpaired) electrons. The van der Waals surface area contributed by atoms with Gasteiger partial charge in [0.1, 0.15) is 5.82 Å². The van der Waals surface area contributed by atoms with Crippen molar-refractivity contribution in [2.75, 3.05) is 12.4 Å². The fraction of sp³-hybridized carbons (Fsp3) is 0.556. The summed E-state index contributed by atoms with van der Waals surface area (Å²) in [5, 5.41) is 0. The number of aromatic nitrogens is 2. The molecular formula is C9H12ClN3O. The highest BCUT2D eigenvalue weighted by Crippen LogP contribution is 2.19. The standard InChI is InChI=1S/C9H12ClN3O/c10-4-7-3-9(14)13(5-7)6-8-11-1-2-12-8/h1-2,7H,3-6H2,(H,11,12). The maximum atomic E-state index is 11.5. The van der Waals surface area contributed by atoms with Gasteiger partial charge in [0.05, 0.1) is 6.54 Å². The summed E-state index contributed by atoms with van der Waals surface area (Å²) in [5.41, 5.74) is 0. The van der Waals surface area contributed by atoms with Crippen LogP contribution in [0.5, 0.6) is 0 Å². The Hall–Kier alpha value is -1.03. The first-order valence-electron chi connectivity index (χ1n) is 4.61. The Labute approximate surface area is 87.3 Å². The number of nitrogens with zero attached hydrogens (tertiary/aromatic N) is 2. The number of rotatable bonds is 3. The van der Waals surface area contributed by atoms with Crippen LogP contribution < -0.4 is 0 Å². The number of halogens is 1. The Kier molecular flexibility index (Phi) is 2.72. The second-order valence-corrected chi connectivity index (χ2v) is 3.84. The normalized spacial score (nSPS) is 21.9. The first-order valence-corrected chi connectivity index (χ1v) is 5.15. The largest absolute Gasteiger partial charge is 0.347 e. The van der Waals surface area contributed by atoms with Gasteiger partial charge in [-0.1, -0.05) is 0 Å². The smallest absolute Gasteiger partial charge is 0.223 e. The zero-order chi connectivity index (χ0) is 9.97. The van der Waals surface area contributed by atoms with Gasteiger partial charge in [-0.25, -0.2) is 4.98 Å². The third-order valence-corrected chi connectivity index (χ3v) is 2.84. The van der Waals surface area contributed by atoms with Crippen LogP contribution in [0.2, 0.25) is 0 Å². The molecule has 1 aromatic heterocycles. The van der Waals surface area contributed by atoms with E-state index in [0.717, 1.165) is 12.4 Å². The minimum atomic E-state index is 0.173. The van der Waals surface area contributed by atoms with E-state index in [1.165, 1.54) is 0 Å². The van der Waals surface area contributed by atoms with Crippen molar-refractivity contribution in [1.29, 1.82) is 0 Å². The monoisotopic (exact) mass is 213 g/mol. The van der Waals surface area contributed by atoms with Crippen molar-refractivity contribution in [3.05, 3.63) is 18.2 Å². The van der Waals surface area contributed by atoms with Crippen LogP contribution in [0, 0.1) is 5.92 Å². The van der Waals surface area contributed by atoms with Crippen molar-refractivity contribution in [1.82, 2.24) is 14.9 Å². The highest BCUT2D eigenvalue weighted by Gasteiger charge is 2.29. The lowest BCUT2D eigenvalue weighted by Crippen LogP contribution is -2.25. The van der Waals surface area contributed by atoms with Crippen LogP contribution in [0.1, 0.15) is 12.2 Å². The topological polar surface area (TPSA) is 49.0 Å². The molecule has 14 heavy (non-hydrogen) atoms. The summed E-state index contributed by atoms with van der Waals surface area (Å²) in [6.07, 6.45) is 4.02. The molecule has 2 rings (SSSR count). The molecule has 0 aliphatic carbocycles. The van der Waals surface area contributed by atoms with Gasteiger partial charge in [0, 0.05) is 31.2 Å². The Morgan fingerprint density at radius 3 is 3.14 bits per heavy atom. The molecule has 76 valence electrons. The van der Waals surface area contributed by atoms with Gasteiger partial charge in [0.15, 0.2) is 0 Å². The number of hydrogen-bond acceptors (Lipinski definition) is 2. The Morgan fingerprint density at radius 1 is 1.71 bits per heavy atom. The number of carbonyl (C=O) groups is 1. The van der Waals surface area contributed by atoms with Crippen LogP contribution in [-0.2, 0) is 11.3 Å². The van der Waals surface area contributed by atoms with E-state index in [1.807, 2.05) is 0 Å². The zero-order valence-corrected chi connectivity index (χ0v) is 8.50. The van der Waals surface area contributed by atoms with Gasteiger partial charge in [0.25, 0.3) is 0 Å². The molecule has 0 saturated carbocycles. The maximum Gasteiger partial charge on any atom is 0.223 e. The lowest BCUT2D eigenvalue weighted by Gasteiger charge is -2.14. The molecule has 5 heteroatoms. The number of alkyl halides is 1. The molecule has 0 bridgehead atoms. The van der Waals surface area contributed by atoms with Crippen LogP contribution in [0.3, 0.4) is 0 Å². The predicted octanol–water partition coefficient (Wildman–Crippen LogP) is 0.997. The summed E-state index contributed by atoms with van der Waals surface area (Å²) < 4.78 is 0. The lowest BCUT2D eigenvalue weighted by atomic mass is 10.1. The molecule has 1 saturated heterocycles. The molecule has 1 N–H and O–H groups in total. The molecule has 1 aliphatic rings. The molecule has 1 atom stereocenters. The van der Waals surface area contributed by atoms with Crippen molar-refractivity contribution in [3.8, 4) is 0 Å². The molecule has 2 heterocycles. The number of amides is 1.